The van der Waals surface area contributed by atoms with E-state index >= 15 is 0 Å². The molecule has 1 aromatic heterocycles. The molecule has 1 aliphatic heterocycles. The number of halogens is 3. The van der Waals surface area contributed by atoms with Crippen LogP contribution in [0.3, 0.4) is 0 Å². The zero-order valence-corrected chi connectivity index (χ0v) is 13.5. The van der Waals surface area contributed by atoms with Gasteiger partial charge in [0.2, 0.25) is 0 Å². The van der Waals surface area contributed by atoms with Crippen LogP contribution < -0.4 is 0 Å². The number of aliphatic hydroxyl groups is 3. The van der Waals surface area contributed by atoms with Gasteiger partial charge in [-0.15, -0.1) is 0 Å². The summed E-state index contributed by atoms with van der Waals surface area (Å²) in [6.07, 6.45) is -4.15. The van der Waals surface area contributed by atoms with E-state index in [-0.39, 0.29) is 0 Å². The van der Waals surface area contributed by atoms with Gasteiger partial charge in [0.25, 0.3) is 0 Å². The molecule has 2 aromatic rings. The molecule has 21 heavy (non-hydrogen) atoms. The molecule has 9 heteroatoms. The summed E-state index contributed by atoms with van der Waals surface area (Å²) in [6.45, 7) is -0.397. The average molecular weight is 398 g/mol. The minimum atomic E-state index is -1.20. The average Bonchev–Trinajstić information content (AvgIpc) is 2.93. The second-order valence-electron chi connectivity index (χ2n) is 4.71. The van der Waals surface area contributed by atoms with E-state index in [0.717, 1.165) is 0 Å². The molecule has 3 rings (SSSR count). The van der Waals surface area contributed by atoms with Crippen LogP contribution in [0.15, 0.2) is 16.9 Å². The Morgan fingerprint density at radius 1 is 1.29 bits per heavy atom. The fourth-order valence-corrected chi connectivity index (χ4v) is 3.34. The molecule has 1 aromatic carbocycles. The van der Waals surface area contributed by atoms with Gasteiger partial charge in [-0.2, -0.15) is 0 Å². The van der Waals surface area contributed by atoms with Crippen LogP contribution in [0.4, 0.5) is 0 Å². The van der Waals surface area contributed by atoms with Crippen molar-refractivity contribution < 1.29 is 20.1 Å². The Morgan fingerprint density at radius 3 is 2.62 bits per heavy atom. The van der Waals surface area contributed by atoms with Gasteiger partial charge in [-0.1, -0.05) is 23.2 Å². The highest BCUT2D eigenvalue weighted by atomic mass is 79.9. The highest BCUT2D eigenvalue weighted by Gasteiger charge is 2.44. The highest BCUT2D eigenvalue weighted by molar-refractivity contribution is 9.10. The molecule has 0 spiro atoms. The van der Waals surface area contributed by atoms with Crippen LogP contribution in [0.25, 0.3) is 11.0 Å². The summed E-state index contributed by atoms with van der Waals surface area (Å²) in [5.41, 5.74) is 1.04. The number of ether oxygens (including phenoxy) is 1. The minimum absolute atomic E-state index is 0.292. The van der Waals surface area contributed by atoms with Crippen LogP contribution in [0.1, 0.15) is 6.23 Å². The Bertz CT molecular complexity index is 695. The quantitative estimate of drug-likeness (QED) is 0.718. The van der Waals surface area contributed by atoms with Gasteiger partial charge in [0.05, 0.1) is 22.2 Å². The monoisotopic (exact) mass is 396 g/mol. The molecule has 1 fully saturated rings. The van der Waals surface area contributed by atoms with Crippen LogP contribution in [-0.2, 0) is 4.74 Å². The minimum Gasteiger partial charge on any atom is -0.394 e. The van der Waals surface area contributed by atoms with Crippen molar-refractivity contribution in [1.82, 2.24) is 9.55 Å². The number of aromatic nitrogens is 2. The molecule has 1 aliphatic rings. The Hall–Kier alpha value is -0.410. The molecule has 0 aliphatic carbocycles. The Kier molecular flexibility index (Phi) is 4.17. The van der Waals surface area contributed by atoms with Gasteiger partial charge < -0.3 is 20.1 Å². The van der Waals surface area contributed by atoms with Gasteiger partial charge in [-0.3, -0.25) is 4.57 Å². The van der Waals surface area contributed by atoms with E-state index < -0.39 is 31.1 Å². The van der Waals surface area contributed by atoms with Gasteiger partial charge in [-0.05, 0) is 28.1 Å². The second-order valence-corrected chi connectivity index (χ2v) is 6.20. The van der Waals surface area contributed by atoms with Gasteiger partial charge in [0, 0.05) is 0 Å². The lowest BCUT2D eigenvalue weighted by atomic mass is 10.1. The number of fused-ring (bicyclic) bond motifs is 1. The van der Waals surface area contributed by atoms with E-state index in [1.807, 2.05) is 0 Å². The number of imidazole rings is 1. The molecule has 4 atom stereocenters. The lowest BCUT2D eigenvalue weighted by molar-refractivity contribution is -0.0518. The Labute approximate surface area is 138 Å². The first-order valence-electron chi connectivity index (χ1n) is 6.09. The van der Waals surface area contributed by atoms with E-state index in [9.17, 15) is 10.2 Å². The van der Waals surface area contributed by atoms with E-state index in [0.29, 0.717) is 25.8 Å². The molecule has 6 nitrogen and oxygen atoms in total. The fourth-order valence-electron chi connectivity index (χ4n) is 2.41. The predicted molar refractivity (Wildman–Crippen MR) is 80.5 cm³/mol. The first kappa shape index (κ1) is 15.5. The standard InChI is InChI=1S/C12H11BrCl2N2O4/c13-12-16-8-5(2-1-4(14)7(8)15)17(12)11-10(20)9(19)6(3-18)21-11/h1-2,6,9-11,18-20H,3H2/t6-,9-,10-,11-/m1/s1. The van der Waals surface area contributed by atoms with Crippen molar-refractivity contribution in [2.75, 3.05) is 6.61 Å². The van der Waals surface area contributed by atoms with E-state index in [2.05, 4.69) is 20.9 Å². The van der Waals surface area contributed by atoms with Crippen LogP contribution >= 0.6 is 39.1 Å². The summed E-state index contributed by atoms with van der Waals surface area (Å²) in [7, 11) is 0. The largest absolute Gasteiger partial charge is 0.394 e. The fraction of sp³-hybridized carbons (Fsp3) is 0.417. The molecule has 0 amide bonds. The summed E-state index contributed by atoms with van der Waals surface area (Å²) in [6, 6.07) is 3.30. The summed E-state index contributed by atoms with van der Waals surface area (Å²) < 4.78 is 7.43. The normalized spacial score (nSPS) is 29.4. The number of hydrogen-bond acceptors (Lipinski definition) is 5. The molecule has 0 radical (unpaired) electrons. The van der Waals surface area contributed by atoms with Gasteiger partial charge in [-0.25, -0.2) is 4.98 Å². The maximum absolute atomic E-state index is 10.1. The number of benzene rings is 1. The lowest BCUT2D eigenvalue weighted by Crippen LogP contribution is -2.33. The van der Waals surface area contributed by atoms with E-state index in [1.54, 1.807) is 16.7 Å². The van der Waals surface area contributed by atoms with Crippen molar-refractivity contribution in [2.45, 2.75) is 24.5 Å². The lowest BCUT2D eigenvalue weighted by Gasteiger charge is -2.18. The SMILES string of the molecule is OC[C@H]1O[C@@H](n2c(Br)nc3c(Cl)c(Cl)ccc32)[C@H](O)[C@@H]1O. The first-order valence-corrected chi connectivity index (χ1v) is 7.64. The zero-order valence-electron chi connectivity index (χ0n) is 10.4. The third-order valence-electron chi connectivity index (χ3n) is 3.48. The smallest absolute Gasteiger partial charge is 0.180 e. The van der Waals surface area contributed by atoms with Gasteiger partial charge >= 0.3 is 0 Å². The number of hydrogen-bond donors (Lipinski definition) is 3. The molecule has 0 bridgehead atoms. The maximum atomic E-state index is 10.1. The van der Waals surface area contributed by atoms with Crippen molar-refractivity contribution in [2.24, 2.45) is 0 Å². The van der Waals surface area contributed by atoms with Crippen LogP contribution in [-0.4, -0.2) is 49.8 Å². The third-order valence-corrected chi connectivity index (χ3v) is 4.84. The maximum Gasteiger partial charge on any atom is 0.180 e. The van der Waals surface area contributed by atoms with E-state index in [4.69, 9.17) is 33.0 Å². The second kappa shape index (κ2) is 5.66. The third kappa shape index (κ3) is 2.37. The summed E-state index contributed by atoms with van der Waals surface area (Å²) in [4.78, 5) is 4.26. The van der Waals surface area contributed by atoms with Crippen molar-refractivity contribution in [3.05, 3.63) is 26.9 Å². The van der Waals surface area contributed by atoms with Crippen LogP contribution in [0.2, 0.25) is 10.0 Å². The molecular formula is C12H11BrCl2N2O4. The molecular weight excluding hydrogens is 387 g/mol. The molecule has 3 N–H and O–H groups in total. The summed E-state index contributed by atoms with van der Waals surface area (Å²) in [5.74, 6) is 0. The number of nitrogens with zero attached hydrogens (tertiary/aromatic N) is 2. The van der Waals surface area contributed by atoms with Crippen molar-refractivity contribution in [3.8, 4) is 0 Å². The molecule has 2 heterocycles. The van der Waals surface area contributed by atoms with Crippen LogP contribution in [0, 0.1) is 0 Å². The number of aliphatic hydroxyl groups excluding tert-OH is 3. The van der Waals surface area contributed by atoms with Crippen LogP contribution in [0.5, 0.6) is 0 Å². The predicted octanol–water partition coefficient (Wildman–Crippen LogP) is 1.72. The summed E-state index contributed by atoms with van der Waals surface area (Å²) in [5, 5.41) is 29.8. The first-order chi connectivity index (χ1) is 9.95. The number of rotatable bonds is 2. The van der Waals surface area contributed by atoms with E-state index in [1.165, 1.54) is 0 Å². The topological polar surface area (TPSA) is 87.7 Å². The van der Waals surface area contributed by atoms with Crippen molar-refractivity contribution >= 4 is 50.2 Å². The van der Waals surface area contributed by atoms with Crippen molar-refractivity contribution in [1.29, 1.82) is 0 Å². The Balaban J connectivity index is 2.13. The highest BCUT2D eigenvalue weighted by Crippen LogP contribution is 2.38. The molecule has 1 saturated heterocycles. The Morgan fingerprint density at radius 2 is 2.00 bits per heavy atom. The molecule has 0 saturated carbocycles. The van der Waals surface area contributed by atoms with Gasteiger partial charge in [0.1, 0.15) is 23.8 Å². The molecule has 114 valence electrons. The zero-order chi connectivity index (χ0) is 15.3. The van der Waals surface area contributed by atoms with Gasteiger partial charge in [0.15, 0.2) is 11.0 Å². The molecule has 0 unspecified atom stereocenters. The van der Waals surface area contributed by atoms with Crippen molar-refractivity contribution in [3.63, 3.8) is 0 Å². The summed E-state index contributed by atoms with van der Waals surface area (Å²) >= 11 is 15.4.